The number of aromatic nitrogens is 2. The van der Waals surface area contributed by atoms with Crippen molar-refractivity contribution in [2.75, 3.05) is 6.54 Å². The zero-order valence-electron chi connectivity index (χ0n) is 18.4. The zero-order valence-corrected chi connectivity index (χ0v) is 19.2. The van der Waals surface area contributed by atoms with Gasteiger partial charge in [-0.3, -0.25) is 9.59 Å². The molecule has 0 bridgehead atoms. The van der Waals surface area contributed by atoms with Gasteiger partial charge in [-0.25, -0.2) is 10.1 Å². The first-order chi connectivity index (χ1) is 16.5. The lowest BCUT2D eigenvalue weighted by atomic mass is 10.1. The number of rotatable bonds is 7. The van der Waals surface area contributed by atoms with Crippen molar-refractivity contribution < 1.29 is 9.59 Å². The highest BCUT2D eigenvalue weighted by Gasteiger charge is 2.12. The fraction of sp³-hybridized carbons (Fsp3) is 0.0769. The summed E-state index contributed by atoms with van der Waals surface area (Å²) in [6.45, 7) is 1.80. The third kappa shape index (κ3) is 5.76. The Morgan fingerprint density at radius 1 is 1.03 bits per heavy atom. The van der Waals surface area contributed by atoms with E-state index in [-0.39, 0.29) is 6.54 Å². The second-order valence-corrected chi connectivity index (χ2v) is 8.00. The highest BCUT2D eigenvalue weighted by atomic mass is 35.5. The van der Waals surface area contributed by atoms with Crippen LogP contribution in [0.25, 0.3) is 16.9 Å². The first kappa shape index (κ1) is 22.9. The van der Waals surface area contributed by atoms with Crippen LogP contribution in [-0.2, 0) is 4.79 Å². The van der Waals surface area contributed by atoms with Crippen LogP contribution in [0.3, 0.4) is 0 Å². The van der Waals surface area contributed by atoms with Gasteiger partial charge >= 0.3 is 0 Å². The summed E-state index contributed by atoms with van der Waals surface area (Å²) < 4.78 is 1.77. The summed E-state index contributed by atoms with van der Waals surface area (Å²) in [6.07, 6.45) is 3.39. The summed E-state index contributed by atoms with van der Waals surface area (Å²) in [5.41, 5.74) is 7.26. The molecule has 0 atom stereocenters. The van der Waals surface area contributed by atoms with Crippen LogP contribution < -0.4 is 10.7 Å². The first-order valence-electron chi connectivity index (χ1n) is 10.6. The second-order valence-electron chi connectivity index (χ2n) is 7.57. The van der Waals surface area contributed by atoms with E-state index >= 15 is 0 Å². The summed E-state index contributed by atoms with van der Waals surface area (Å²) in [5.74, 6) is -0.855. The Bertz CT molecular complexity index is 1330. The average molecular weight is 472 g/mol. The molecule has 0 saturated carbocycles. The van der Waals surface area contributed by atoms with Gasteiger partial charge in [0.15, 0.2) is 0 Å². The van der Waals surface area contributed by atoms with Gasteiger partial charge in [0, 0.05) is 27.9 Å². The number of hydrogen-bond acceptors (Lipinski definition) is 4. The number of benzene rings is 3. The van der Waals surface area contributed by atoms with Crippen LogP contribution in [0, 0.1) is 6.92 Å². The minimum atomic E-state index is -0.459. The molecule has 1 heterocycles. The predicted octanol–water partition coefficient (Wildman–Crippen LogP) is 4.38. The molecule has 0 saturated heterocycles. The summed E-state index contributed by atoms with van der Waals surface area (Å²) in [5, 5.41) is 11.8. The molecule has 4 aromatic rings. The molecule has 34 heavy (non-hydrogen) atoms. The number of para-hydroxylation sites is 1. The molecule has 2 amide bonds. The van der Waals surface area contributed by atoms with E-state index in [2.05, 4.69) is 15.8 Å². The van der Waals surface area contributed by atoms with Crippen molar-refractivity contribution in [1.82, 2.24) is 20.5 Å². The number of halogens is 1. The minimum absolute atomic E-state index is 0.225. The molecular formula is C26H22ClN5O2. The number of hydrogen-bond donors (Lipinski definition) is 2. The largest absolute Gasteiger partial charge is 0.343 e. The normalized spacial score (nSPS) is 10.9. The van der Waals surface area contributed by atoms with E-state index in [1.54, 1.807) is 29.1 Å². The number of carbonyl (C=O) groups excluding carboxylic acids is 2. The van der Waals surface area contributed by atoms with E-state index in [0.29, 0.717) is 10.6 Å². The standard InChI is InChI=1S/C26H22ClN5O2/c1-18-10-12-19(13-11-18)25-21(17-32(31-25)23-8-3-2-4-9-23)15-29-30-24(33)16-28-26(34)20-6-5-7-22(27)14-20/h2-15,17H,16H2,1H3,(H,28,34)(H,30,33). The molecule has 8 heteroatoms. The Hall–Kier alpha value is -4.23. The molecule has 0 aliphatic rings. The molecular weight excluding hydrogens is 450 g/mol. The van der Waals surface area contributed by atoms with Gasteiger partial charge in [0.05, 0.1) is 18.4 Å². The van der Waals surface area contributed by atoms with Gasteiger partial charge < -0.3 is 5.32 Å². The minimum Gasteiger partial charge on any atom is -0.343 e. The Morgan fingerprint density at radius 2 is 1.79 bits per heavy atom. The highest BCUT2D eigenvalue weighted by Crippen LogP contribution is 2.23. The van der Waals surface area contributed by atoms with Gasteiger partial charge in [-0.1, -0.05) is 65.7 Å². The lowest BCUT2D eigenvalue weighted by Gasteiger charge is -2.04. The Morgan fingerprint density at radius 3 is 2.53 bits per heavy atom. The van der Waals surface area contributed by atoms with Crippen molar-refractivity contribution in [1.29, 1.82) is 0 Å². The van der Waals surface area contributed by atoms with E-state index in [0.717, 1.165) is 28.1 Å². The SMILES string of the molecule is Cc1ccc(-c2nn(-c3ccccc3)cc2C=NNC(=O)CNC(=O)c2cccc(Cl)c2)cc1. The third-order valence-corrected chi connectivity index (χ3v) is 5.21. The van der Waals surface area contributed by atoms with Crippen molar-refractivity contribution in [2.45, 2.75) is 6.92 Å². The van der Waals surface area contributed by atoms with E-state index in [1.165, 1.54) is 6.07 Å². The number of aryl methyl sites for hydroxylation is 1. The molecule has 4 rings (SSSR count). The van der Waals surface area contributed by atoms with Gasteiger partial charge in [0.25, 0.3) is 11.8 Å². The van der Waals surface area contributed by atoms with Crippen molar-refractivity contribution >= 4 is 29.6 Å². The monoisotopic (exact) mass is 471 g/mol. The van der Waals surface area contributed by atoms with Crippen molar-refractivity contribution in [3.05, 3.63) is 107 Å². The van der Waals surface area contributed by atoms with E-state index < -0.39 is 11.8 Å². The summed E-state index contributed by atoms with van der Waals surface area (Å²) in [6, 6.07) is 24.2. The number of nitrogens with one attached hydrogen (secondary N) is 2. The Balaban J connectivity index is 1.46. The molecule has 2 N–H and O–H groups in total. The molecule has 1 aromatic heterocycles. The van der Waals surface area contributed by atoms with Crippen LogP contribution in [0.2, 0.25) is 5.02 Å². The molecule has 0 spiro atoms. The summed E-state index contributed by atoms with van der Waals surface area (Å²) >= 11 is 5.90. The average Bonchev–Trinajstić information content (AvgIpc) is 3.27. The van der Waals surface area contributed by atoms with E-state index in [9.17, 15) is 9.59 Å². The topological polar surface area (TPSA) is 88.4 Å². The Labute approximate surface area is 202 Å². The zero-order chi connectivity index (χ0) is 23.9. The molecule has 0 aliphatic heterocycles. The lowest BCUT2D eigenvalue weighted by Crippen LogP contribution is -2.34. The number of amides is 2. The van der Waals surface area contributed by atoms with Crippen molar-refractivity contribution in [3.8, 4) is 16.9 Å². The molecule has 3 aromatic carbocycles. The maximum Gasteiger partial charge on any atom is 0.259 e. The van der Waals surface area contributed by atoms with Crippen molar-refractivity contribution in [3.63, 3.8) is 0 Å². The molecule has 0 fully saturated rings. The van der Waals surface area contributed by atoms with Gasteiger partial charge in [0.1, 0.15) is 5.69 Å². The maximum atomic E-state index is 12.2. The van der Waals surface area contributed by atoms with Gasteiger partial charge in [-0.2, -0.15) is 10.2 Å². The molecule has 7 nitrogen and oxygen atoms in total. The molecule has 0 aliphatic carbocycles. The Kier molecular flexibility index (Phi) is 7.15. The van der Waals surface area contributed by atoms with Gasteiger partial charge in [-0.05, 0) is 37.3 Å². The van der Waals surface area contributed by atoms with Crippen LogP contribution in [0.15, 0.2) is 90.2 Å². The first-order valence-corrected chi connectivity index (χ1v) is 11.0. The number of nitrogens with zero attached hydrogens (tertiary/aromatic N) is 3. The maximum absolute atomic E-state index is 12.2. The molecule has 0 radical (unpaired) electrons. The van der Waals surface area contributed by atoms with Crippen molar-refractivity contribution in [2.24, 2.45) is 5.10 Å². The van der Waals surface area contributed by atoms with Gasteiger partial charge in [-0.15, -0.1) is 0 Å². The van der Waals surface area contributed by atoms with Crippen LogP contribution in [0.5, 0.6) is 0 Å². The second kappa shape index (κ2) is 10.6. The fourth-order valence-electron chi connectivity index (χ4n) is 3.24. The molecule has 0 unspecified atom stereocenters. The van der Waals surface area contributed by atoms with Crippen LogP contribution >= 0.6 is 11.6 Å². The van der Waals surface area contributed by atoms with Crippen LogP contribution in [-0.4, -0.2) is 34.4 Å². The fourth-order valence-corrected chi connectivity index (χ4v) is 3.43. The highest BCUT2D eigenvalue weighted by molar-refractivity contribution is 6.31. The lowest BCUT2D eigenvalue weighted by molar-refractivity contribution is -0.120. The number of carbonyl (C=O) groups is 2. The van der Waals surface area contributed by atoms with Gasteiger partial charge in [0.2, 0.25) is 0 Å². The summed E-state index contributed by atoms with van der Waals surface area (Å²) in [4.78, 5) is 24.3. The smallest absolute Gasteiger partial charge is 0.259 e. The van der Waals surface area contributed by atoms with Crippen LogP contribution in [0.1, 0.15) is 21.5 Å². The third-order valence-electron chi connectivity index (χ3n) is 4.98. The van der Waals surface area contributed by atoms with E-state index in [4.69, 9.17) is 16.7 Å². The van der Waals surface area contributed by atoms with E-state index in [1.807, 2.05) is 67.7 Å². The summed E-state index contributed by atoms with van der Waals surface area (Å²) in [7, 11) is 0. The predicted molar refractivity (Wildman–Crippen MR) is 133 cm³/mol. The van der Waals surface area contributed by atoms with Crippen LogP contribution in [0.4, 0.5) is 0 Å². The quantitative estimate of drug-likeness (QED) is 0.309. The molecule has 170 valence electrons. The number of hydrazone groups is 1.